The van der Waals surface area contributed by atoms with Gasteiger partial charge in [-0.1, -0.05) is 18.2 Å². The van der Waals surface area contributed by atoms with Gasteiger partial charge in [0.2, 0.25) is 5.91 Å². The first-order valence-electron chi connectivity index (χ1n) is 8.19. The van der Waals surface area contributed by atoms with Gasteiger partial charge < -0.3 is 24.5 Å². The summed E-state index contributed by atoms with van der Waals surface area (Å²) in [4.78, 5) is 16.7. The van der Waals surface area contributed by atoms with Crippen LogP contribution in [0.3, 0.4) is 0 Å². The van der Waals surface area contributed by atoms with E-state index in [2.05, 4.69) is 10.3 Å². The number of ether oxygens (including phenoxy) is 2. The lowest BCUT2D eigenvalue weighted by Gasteiger charge is -2.11. The largest absolute Gasteiger partial charge is 0.493 e. The second-order valence-electron chi connectivity index (χ2n) is 5.73. The van der Waals surface area contributed by atoms with Crippen LogP contribution in [-0.2, 0) is 24.5 Å². The van der Waals surface area contributed by atoms with E-state index in [-0.39, 0.29) is 19.1 Å². The molecule has 1 aromatic heterocycles. The molecular weight excluding hydrogens is 334 g/mol. The van der Waals surface area contributed by atoms with Gasteiger partial charge in [-0.25, -0.2) is 4.98 Å². The molecule has 0 bridgehead atoms. The molecule has 3 rings (SSSR count). The molecule has 0 radical (unpaired) electrons. The van der Waals surface area contributed by atoms with Gasteiger partial charge in [0.25, 0.3) is 0 Å². The molecule has 1 heterocycles. The smallest absolute Gasteiger partial charge is 0.240 e. The van der Waals surface area contributed by atoms with Gasteiger partial charge in [0, 0.05) is 6.54 Å². The van der Waals surface area contributed by atoms with E-state index in [0.717, 1.165) is 16.6 Å². The summed E-state index contributed by atoms with van der Waals surface area (Å²) in [7, 11) is 3.15. The monoisotopic (exact) mass is 355 g/mol. The van der Waals surface area contributed by atoms with E-state index < -0.39 is 0 Å². The van der Waals surface area contributed by atoms with Crippen LogP contribution in [-0.4, -0.2) is 34.8 Å². The van der Waals surface area contributed by atoms with Crippen molar-refractivity contribution in [2.24, 2.45) is 0 Å². The van der Waals surface area contributed by atoms with E-state index in [0.29, 0.717) is 23.9 Å². The Morgan fingerprint density at radius 2 is 1.92 bits per heavy atom. The summed E-state index contributed by atoms with van der Waals surface area (Å²) in [6.45, 7) is 0.224. The van der Waals surface area contributed by atoms with Gasteiger partial charge >= 0.3 is 0 Å². The Bertz CT molecular complexity index is 920. The SMILES string of the molecule is COc1ccc(CNC(=O)Cn2c(CO)nc3ccccc32)cc1OC. The minimum absolute atomic E-state index is 0.0870. The van der Waals surface area contributed by atoms with Crippen LogP contribution >= 0.6 is 0 Å². The number of imidazole rings is 1. The summed E-state index contributed by atoms with van der Waals surface area (Å²) in [6.07, 6.45) is 0. The third-order valence-corrected chi connectivity index (χ3v) is 4.11. The summed E-state index contributed by atoms with van der Waals surface area (Å²) in [6, 6.07) is 13.0. The van der Waals surface area contributed by atoms with E-state index in [1.807, 2.05) is 36.4 Å². The first-order valence-corrected chi connectivity index (χ1v) is 8.19. The zero-order valence-corrected chi connectivity index (χ0v) is 14.7. The Morgan fingerprint density at radius 1 is 1.15 bits per heavy atom. The zero-order chi connectivity index (χ0) is 18.5. The Hall–Kier alpha value is -3.06. The fraction of sp³-hybridized carbons (Fsp3) is 0.263. The number of carbonyl (C=O) groups is 1. The number of methoxy groups -OCH3 is 2. The zero-order valence-electron chi connectivity index (χ0n) is 14.7. The third kappa shape index (κ3) is 3.62. The molecule has 0 unspecified atom stereocenters. The topological polar surface area (TPSA) is 85.6 Å². The maximum atomic E-state index is 12.4. The number of aromatic nitrogens is 2. The van der Waals surface area contributed by atoms with Crippen molar-refractivity contribution in [2.75, 3.05) is 14.2 Å². The van der Waals surface area contributed by atoms with Crippen molar-refractivity contribution in [1.82, 2.24) is 14.9 Å². The lowest BCUT2D eigenvalue weighted by molar-refractivity contribution is -0.121. The Balaban J connectivity index is 1.70. The molecule has 7 nitrogen and oxygen atoms in total. The van der Waals surface area contributed by atoms with Crippen LogP contribution in [0.2, 0.25) is 0 Å². The fourth-order valence-electron chi connectivity index (χ4n) is 2.81. The van der Waals surface area contributed by atoms with Crippen LogP contribution in [0.4, 0.5) is 0 Å². The first kappa shape index (κ1) is 17.8. The molecule has 0 atom stereocenters. The Kier molecular flexibility index (Phi) is 5.38. The van der Waals surface area contributed by atoms with Gasteiger partial charge in [-0.3, -0.25) is 4.79 Å². The molecule has 2 N–H and O–H groups in total. The van der Waals surface area contributed by atoms with E-state index in [9.17, 15) is 9.90 Å². The Morgan fingerprint density at radius 3 is 2.65 bits per heavy atom. The van der Waals surface area contributed by atoms with Crippen LogP contribution in [0.1, 0.15) is 11.4 Å². The van der Waals surface area contributed by atoms with Crippen LogP contribution in [0, 0.1) is 0 Å². The molecule has 0 aliphatic carbocycles. The van der Waals surface area contributed by atoms with E-state index >= 15 is 0 Å². The second-order valence-corrected chi connectivity index (χ2v) is 5.73. The maximum absolute atomic E-state index is 12.4. The number of para-hydroxylation sites is 2. The normalized spacial score (nSPS) is 10.7. The van der Waals surface area contributed by atoms with Gasteiger partial charge in [-0.15, -0.1) is 0 Å². The summed E-state index contributed by atoms with van der Waals surface area (Å²) < 4.78 is 12.2. The van der Waals surface area contributed by atoms with Crippen LogP contribution < -0.4 is 14.8 Å². The lowest BCUT2D eigenvalue weighted by Crippen LogP contribution is -2.27. The van der Waals surface area contributed by atoms with Crippen molar-refractivity contribution >= 4 is 16.9 Å². The van der Waals surface area contributed by atoms with Gasteiger partial charge in [0.15, 0.2) is 11.5 Å². The van der Waals surface area contributed by atoms with Gasteiger partial charge in [-0.05, 0) is 29.8 Å². The molecule has 0 aliphatic rings. The molecule has 1 amide bonds. The summed E-state index contributed by atoms with van der Waals surface area (Å²) in [5.74, 6) is 1.55. The summed E-state index contributed by atoms with van der Waals surface area (Å²) >= 11 is 0. The number of rotatable bonds is 7. The number of nitrogens with zero attached hydrogens (tertiary/aromatic N) is 2. The maximum Gasteiger partial charge on any atom is 0.240 e. The number of benzene rings is 2. The van der Waals surface area contributed by atoms with Gasteiger partial charge in [-0.2, -0.15) is 0 Å². The molecule has 3 aromatic rings. The average Bonchev–Trinajstić information content (AvgIpc) is 3.03. The van der Waals surface area contributed by atoms with Crippen LogP contribution in [0.5, 0.6) is 11.5 Å². The highest BCUT2D eigenvalue weighted by atomic mass is 16.5. The fourth-order valence-corrected chi connectivity index (χ4v) is 2.81. The minimum atomic E-state index is -0.225. The van der Waals surface area contributed by atoms with Crippen LogP contribution in [0.25, 0.3) is 11.0 Å². The van der Waals surface area contributed by atoms with Crippen molar-refractivity contribution in [3.05, 3.63) is 53.9 Å². The molecule has 7 heteroatoms. The third-order valence-electron chi connectivity index (χ3n) is 4.11. The standard InChI is InChI=1S/C19H21N3O4/c1-25-16-8-7-13(9-17(16)26-2)10-20-19(24)11-22-15-6-4-3-5-14(15)21-18(22)12-23/h3-9,23H,10-12H2,1-2H3,(H,20,24). The number of aliphatic hydroxyl groups excluding tert-OH is 1. The molecule has 136 valence electrons. The number of amides is 1. The average molecular weight is 355 g/mol. The van der Waals surface area contributed by atoms with Crippen molar-refractivity contribution in [3.8, 4) is 11.5 Å². The second kappa shape index (κ2) is 7.88. The van der Waals surface area contributed by atoms with Crippen molar-refractivity contribution < 1.29 is 19.4 Å². The quantitative estimate of drug-likeness (QED) is 0.676. The number of fused-ring (bicyclic) bond motifs is 1. The van der Waals surface area contributed by atoms with Crippen molar-refractivity contribution in [3.63, 3.8) is 0 Å². The van der Waals surface area contributed by atoms with E-state index in [1.165, 1.54) is 0 Å². The first-order chi connectivity index (χ1) is 12.7. The van der Waals surface area contributed by atoms with Gasteiger partial charge in [0.05, 0.1) is 25.3 Å². The van der Waals surface area contributed by atoms with Crippen molar-refractivity contribution in [1.29, 1.82) is 0 Å². The molecular formula is C19H21N3O4. The molecule has 0 saturated carbocycles. The predicted octanol–water partition coefficient (Wildman–Crippen LogP) is 1.86. The highest BCUT2D eigenvalue weighted by Crippen LogP contribution is 2.27. The molecule has 26 heavy (non-hydrogen) atoms. The molecule has 0 fully saturated rings. The van der Waals surface area contributed by atoms with Crippen molar-refractivity contribution in [2.45, 2.75) is 19.7 Å². The lowest BCUT2D eigenvalue weighted by atomic mass is 10.2. The number of carbonyl (C=O) groups excluding carboxylic acids is 1. The van der Waals surface area contributed by atoms with E-state index in [1.54, 1.807) is 24.9 Å². The van der Waals surface area contributed by atoms with Gasteiger partial charge in [0.1, 0.15) is 19.0 Å². The minimum Gasteiger partial charge on any atom is -0.493 e. The molecule has 0 spiro atoms. The van der Waals surface area contributed by atoms with Crippen LogP contribution in [0.15, 0.2) is 42.5 Å². The van der Waals surface area contributed by atoms with E-state index in [4.69, 9.17) is 9.47 Å². The number of hydrogen-bond donors (Lipinski definition) is 2. The number of nitrogens with one attached hydrogen (secondary N) is 1. The number of hydrogen-bond acceptors (Lipinski definition) is 5. The highest BCUT2D eigenvalue weighted by Gasteiger charge is 2.13. The Labute approximate surface area is 151 Å². The number of aliphatic hydroxyl groups is 1. The highest BCUT2D eigenvalue weighted by molar-refractivity contribution is 5.81. The predicted molar refractivity (Wildman–Crippen MR) is 97.0 cm³/mol. The summed E-state index contributed by atoms with van der Waals surface area (Å²) in [5, 5.41) is 12.4. The molecule has 0 aliphatic heterocycles. The molecule has 0 saturated heterocycles. The summed E-state index contributed by atoms with van der Waals surface area (Å²) in [5.41, 5.74) is 2.47. The molecule has 2 aromatic carbocycles.